The molecule has 2 fully saturated rings. The van der Waals surface area contributed by atoms with Gasteiger partial charge in [-0.2, -0.15) is 0 Å². The predicted molar refractivity (Wildman–Crippen MR) is 238 cm³/mol. The number of benzene rings is 4. The molecule has 0 unspecified atom stereocenters. The maximum atomic E-state index is 12.5. The second-order valence-electron chi connectivity index (χ2n) is 14.4. The summed E-state index contributed by atoms with van der Waals surface area (Å²) in [4.78, 5) is 18.7. The van der Waals surface area contributed by atoms with E-state index in [2.05, 4.69) is 20.0 Å². The molecule has 0 spiro atoms. The minimum atomic E-state index is -0.150. The Morgan fingerprint density at radius 1 is 0.406 bits per heavy atom. The summed E-state index contributed by atoms with van der Waals surface area (Å²) in [5.74, 6) is 0.776. The van der Waals surface area contributed by atoms with Crippen LogP contribution in [0.1, 0.15) is 101 Å². The Balaban J connectivity index is 0.000000602. The molecule has 6 rings (SSSR count). The van der Waals surface area contributed by atoms with Gasteiger partial charge in [-0.05, 0) is 99.9 Å². The quantitative estimate of drug-likeness (QED) is 0.105. The van der Waals surface area contributed by atoms with Crippen LogP contribution in [-0.4, -0.2) is 86.4 Å². The Kier molecular flexibility index (Phi) is 26.8. The van der Waals surface area contributed by atoms with Crippen LogP contribution in [0, 0.1) is 0 Å². The normalized spacial score (nSPS) is 18.2. The Hall–Kier alpha value is -5.08. The van der Waals surface area contributed by atoms with Crippen LogP contribution < -0.4 is 39.4 Å². The van der Waals surface area contributed by atoms with Gasteiger partial charge in [0.2, 0.25) is 0 Å². The zero-order chi connectivity index (χ0) is 42.7. The zero-order valence-electron chi connectivity index (χ0n) is 36.7. The summed E-state index contributed by atoms with van der Waals surface area (Å²) in [7, 11) is 0. The van der Waals surface area contributed by atoms with Crippen molar-refractivity contribution >= 4 is 24.9 Å². The molecule has 0 amide bonds. The molecule has 64 heavy (non-hydrogen) atoms. The summed E-state index contributed by atoms with van der Waals surface area (Å²) < 4.78 is 21.5. The second kappa shape index (κ2) is 30.1. The van der Waals surface area contributed by atoms with Gasteiger partial charge in [-0.3, -0.25) is 20.0 Å². The molecule has 4 aromatic rings. The molecule has 354 valence electrons. The molecule has 16 heteroatoms. The number of hydrogen-bond donors (Lipinski definition) is 0. The number of ether oxygens (including phenoxy) is 4. The van der Waals surface area contributed by atoms with Crippen LogP contribution in [-0.2, 0) is 34.1 Å². The van der Waals surface area contributed by atoms with Crippen molar-refractivity contribution in [3.8, 4) is 46.0 Å². The second-order valence-corrected chi connectivity index (χ2v) is 14.4. The molecule has 0 bridgehead atoms. The first-order valence-electron chi connectivity index (χ1n) is 21.1. The first-order chi connectivity index (χ1) is 29.3. The third-order valence-electron chi connectivity index (χ3n) is 10.2. The molecule has 4 aromatic carbocycles. The van der Waals surface area contributed by atoms with E-state index in [1.54, 1.807) is 97.7 Å². The SMILES string of the molecule is CCOc1cccc(C=N[C@@H]2CCCC[C@H]2N=Cc2cccc(OCC)c2[O-])c1[O-].CCOc1cccc(C=N[C@@H]2CCCC[C@H]2N=Cc2cccc(OCC)c2[O-])c1[O-].O.O.[Cu+2].[Cu+2]. The third kappa shape index (κ3) is 16.2. The van der Waals surface area contributed by atoms with Gasteiger partial charge >= 0.3 is 34.1 Å². The van der Waals surface area contributed by atoms with Crippen LogP contribution in [0.2, 0.25) is 0 Å². The maximum Gasteiger partial charge on any atom is 2.00 e. The fourth-order valence-electron chi connectivity index (χ4n) is 7.20. The van der Waals surface area contributed by atoms with E-state index in [4.69, 9.17) is 18.9 Å². The molecule has 2 radical (unpaired) electrons. The monoisotopic (exact) mass is 978 g/mol. The summed E-state index contributed by atoms with van der Waals surface area (Å²) in [6, 6.07) is 20.8. The van der Waals surface area contributed by atoms with E-state index in [9.17, 15) is 20.4 Å². The molecule has 0 aliphatic heterocycles. The number of aliphatic imine (C=N–C) groups is 4. The van der Waals surface area contributed by atoms with Gasteiger partial charge in [0.15, 0.2) is 0 Å². The Morgan fingerprint density at radius 2 is 0.609 bits per heavy atom. The molecule has 0 aromatic heterocycles. The van der Waals surface area contributed by atoms with E-state index in [1.165, 1.54) is 0 Å². The van der Waals surface area contributed by atoms with Crippen molar-refractivity contribution in [1.29, 1.82) is 0 Å². The molecule has 2 aliphatic carbocycles. The van der Waals surface area contributed by atoms with Gasteiger partial charge in [0, 0.05) is 24.9 Å². The number of nitrogens with zero attached hydrogens (tertiary/aromatic N) is 4. The van der Waals surface area contributed by atoms with Crippen molar-refractivity contribution in [3.05, 3.63) is 95.1 Å². The van der Waals surface area contributed by atoms with E-state index in [0.717, 1.165) is 51.4 Å². The third-order valence-corrected chi connectivity index (χ3v) is 10.2. The average molecular weight is 980 g/mol. The summed E-state index contributed by atoms with van der Waals surface area (Å²) in [5, 5.41) is 49.8. The van der Waals surface area contributed by atoms with Crippen LogP contribution in [0.25, 0.3) is 0 Å². The predicted octanol–water partition coefficient (Wildman–Crippen LogP) is 5.31. The van der Waals surface area contributed by atoms with E-state index in [0.29, 0.717) is 71.7 Å². The summed E-state index contributed by atoms with van der Waals surface area (Å²) in [6.07, 6.45) is 14.5. The van der Waals surface area contributed by atoms with E-state index >= 15 is 0 Å². The topological polar surface area (TPSA) is 242 Å². The number of hydrogen-bond acceptors (Lipinski definition) is 12. The van der Waals surface area contributed by atoms with Crippen LogP contribution in [0.5, 0.6) is 46.0 Å². The first-order valence-corrected chi connectivity index (χ1v) is 21.1. The van der Waals surface area contributed by atoms with Crippen molar-refractivity contribution in [1.82, 2.24) is 0 Å². The zero-order valence-corrected chi connectivity index (χ0v) is 38.6. The van der Waals surface area contributed by atoms with E-state index in [-0.39, 0.29) is 92.3 Å². The van der Waals surface area contributed by atoms with Crippen LogP contribution in [0.3, 0.4) is 0 Å². The van der Waals surface area contributed by atoms with Gasteiger partial charge < -0.3 is 50.3 Å². The molecule has 4 N–H and O–H groups in total. The minimum absolute atomic E-state index is 0. The Morgan fingerprint density at radius 3 is 0.797 bits per heavy atom. The summed E-state index contributed by atoms with van der Waals surface area (Å²) in [5.41, 5.74) is 2.06. The van der Waals surface area contributed by atoms with Gasteiger partial charge in [-0.25, -0.2) is 0 Å². The smallest absolute Gasteiger partial charge is 0.870 e. The Labute approximate surface area is 398 Å². The molecule has 2 saturated carbocycles. The van der Waals surface area contributed by atoms with Crippen molar-refractivity contribution in [2.24, 2.45) is 20.0 Å². The summed E-state index contributed by atoms with van der Waals surface area (Å²) >= 11 is 0. The molecule has 0 saturated heterocycles. The molecule has 4 atom stereocenters. The molecular weight excluding hydrogens is 920 g/mol. The van der Waals surface area contributed by atoms with Crippen LogP contribution >= 0.6 is 0 Å². The van der Waals surface area contributed by atoms with Crippen molar-refractivity contribution < 1.29 is 84.5 Å². The number of para-hydroxylation sites is 4. The fourth-order valence-corrected chi connectivity index (χ4v) is 7.20. The molecule has 14 nitrogen and oxygen atoms in total. The number of rotatable bonds is 16. The molecular formula is C48H60Cu2N4O10. The summed E-state index contributed by atoms with van der Waals surface area (Å²) in [6.45, 7) is 9.18. The van der Waals surface area contributed by atoms with Crippen molar-refractivity contribution in [2.75, 3.05) is 26.4 Å². The minimum Gasteiger partial charge on any atom is -0.870 e. The van der Waals surface area contributed by atoms with E-state index < -0.39 is 0 Å². The van der Waals surface area contributed by atoms with Crippen LogP contribution in [0.15, 0.2) is 92.8 Å². The van der Waals surface area contributed by atoms with Crippen molar-refractivity contribution in [2.45, 2.75) is 103 Å². The molecule has 0 heterocycles. The van der Waals surface area contributed by atoms with Crippen molar-refractivity contribution in [3.63, 3.8) is 0 Å². The van der Waals surface area contributed by atoms with Gasteiger partial charge in [0.25, 0.3) is 0 Å². The first kappa shape index (κ1) is 56.9. The van der Waals surface area contributed by atoms with Crippen LogP contribution in [0.4, 0.5) is 0 Å². The Bertz CT molecular complexity index is 1810. The molecule has 2 aliphatic rings. The van der Waals surface area contributed by atoms with E-state index in [1.807, 2.05) is 27.7 Å². The van der Waals surface area contributed by atoms with Gasteiger partial charge in [-0.1, -0.05) is 97.2 Å². The maximum absolute atomic E-state index is 12.5. The average Bonchev–Trinajstić information content (AvgIpc) is 3.26. The van der Waals surface area contributed by atoms with Gasteiger partial charge in [-0.15, -0.1) is 0 Å². The standard InChI is InChI=1S/2C24H30N2O4.2Cu.2H2O/c2*1-3-29-21-13-7-9-17(23(21)27)15-25-19-11-5-6-12-20(19)26-16-18-10-8-14-22(24(18)28)30-4-2;;;;/h2*7-10,13-16,19-20,27-28H,3-6,11-12H2,1-2H3;;;2*1H2/q;;2*+2;;/p-4/t2*19-,20-;;;;/m11..../s1. The van der Waals surface area contributed by atoms with Gasteiger partial charge in [0.05, 0.1) is 50.6 Å². The fraction of sp³-hybridized carbons (Fsp3) is 0.417. The largest absolute Gasteiger partial charge is 2.00 e. The van der Waals surface area contributed by atoms with Gasteiger partial charge in [0.1, 0.15) is 23.0 Å².